The van der Waals surface area contributed by atoms with Gasteiger partial charge in [0.15, 0.2) is 0 Å². The highest BCUT2D eigenvalue weighted by molar-refractivity contribution is 7.09. The van der Waals surface area contributed by atoms with E-state index in [9.17, 15) is 9.59 Å². The number of carbonyl (C=O) groups is 2. The molecule has 6 nitrogen and oxygen atoms in total. The molecule has 1 aliphatic carbocycles. The molecule has 1 aromatic carbocycles. The quantitative estimate of drug-likeness (QED) is 0.620. The lowest BCUT2D eigenvalue weighted by Crippen LogP contribution is -2.53. The van der Waals surface area contributed by atoms with E-state index in [4.69, 9.17) is 4.74 Å². The summed E-state index contributed by atoms with van der Waals surface area (Å²) in [5.41, 5.74) is 1.59. The number of benzene rings is 1. The Hall–Kier alpha value is -2.41. The Morgan fingerprint density at radius 1 is 1.13 bits per heavy atom. The molecule has 2 amide bonds. The molecule has 1 aromatic heterocycles. The molecule has 0 spiro atoms. The highest BCUT2D eigenvalue weighted by Crippen LogP contribution is 2.20. The van der Waals surface area contributed by atoms with Gasteiger partial charge in [-0.1, -0.05) is 43.9 Å². The predicted octanol–water partition coefficient (Wildman–Crippen LogP) is 4.38. The number of nitrogens with one attached hydrogen (secondary N) is 2. The van der Waals surface area contributed by atoms with Crippen molar-refractivity contribution in [1.82, 2.24) is 15.6 Å². The highest BCUT2D eigenvalue weighted by Gasteiger charge is 2.28. The Kier molecular flexibility index (Phi) is 8.25. The van der Waals surface area contributed by atoms with Gasteiger partial charge in [-0.05, 0) is 38.3 Å². The fourth-order valence-electron chi connectivity index (χ4n) is 3.60. The summed E-state index contributed by atoms with van der Waals surface area (Å²) in [6.45, 7) is 4.44. The van der Waals surface area contributed by atoms with E-state index in [1.807, 2.05) is 31.2 Å². The Labute approximate surface area is 182 Å². The molecule has 7 heteroatoms. The molecule has 2 aromatic rings. The molecule has 2 atom stereocenters. The third kappa shape index (κ3) is 6.55. The minimum absolute atomic E-state index is 0.00460. The van der Waals surface area contributed by atoms with Gasteiger partial charge in [-0.25, -0.2) is 4.98 Å². The Morgan fingerprint density at radius 2 is 1.83 bits per heavy atom. The van der Waals surface area contributed by atoms with Crippen molar-refractivity contribution in [1.29, 1.82) is 0 Å². The highest BCUT2D eigenvalue weighted by atomic mass is 32.1. The Balaban J connectivity index is 1.52. The van der Waals surface area contributed by atoms with Gasteiger partial charge in [0, 0.05) is 23.9 Å². The van der Waals surface area contributed by atoms with E-state index in [0.29, 0.717) is 18.7 Å². The summed E-state index contributed by atoms with van der Waals surface area (Å²) in [5.74, 6) is 0.672. The molecular weight excluding hydrogens is 398 g/mol. The van der Waals surface area contributed by atoms with Crippen LogP contribution < -0.4 is 15.4 Å². The first-order chi connectivity index (χ1) is 14.5. The van der Waals surface area contributed by atoms with E-state index >= 15 is 0 Å². The number of unbranched alkanes of at least 4 members (excludes halogenated alkanes) is 1. The van der Waals surface area contributed by atoms with Crippen molar-refractivity contribution in [2.24, 2.45) is 0 Å². The minimum Gasteiger partial charge on any atom is -0.486 e. The van der Waals surface area contributed by atoms with Crippen LogP contribution in [0.15, 0.2) is 29.6 Å². The van der Waals surface area contributed by atoms with Gasteiger partial charge in [-0.15, -0.1) is 11.3 Å². The molecule has 1 heterocycles. The van der Waals surface area contributed by atoms with Gasteiger partial charge in [0.25, 0.3) is 5.91 Å². The van der Waals surface area contributed by atoms with Crippen molar-refractivity contribution in [2.75, 3.05) is 0 Å². The molecule has 162 valence electrons. The van der Waals surface area contributed by atoms with E-state index in [1.165, 1.54) is 16.9 Å². The molecule has 0 unspecified atom stereocenters. The standard InChI is InChI=1S/C23H31N3O3S/c1-3-4-9-21(27)24-18-7-5-6-8-19(18)26-23(28)20-15-30-22(25-20)14-29-17-12-10-16(2)11-13-17/h10-13,15,18-19H,3-9,14H2,1-2H3,(H,24,27)(H,26,28)/t18-,19+/m0/s1. The number of hydrogen-bond donors (Lipinski definition) is 2. The molecule has 0 radical (unpaired) electrons. The topological polar surface area (TPSA) is 80.3 Å². The largest absolute Gasteiger partial charge is 0.486 e. The first-order valence-corrected chi connectivity index (χ1v) is 11.7. The van der Waals surface area contributed by atoms with Gasteiger partial charge in [-0.2, -0.15) is 0 Å². The normalized spacial score (nSPS) is 18.6. The van der Waals surface area contributed by atoms with Crippen LogP contribution in [-0.4, -0.2) is 28.9 Å². The molecule has 0 aliphatic heterocycles. The monoisotopic (exact) mass is 429 g/mol. The average molecular weight is 430 g/mol. The zero-order valence-corrected chi connectivity index (χ0v) is 18.6. The number of carbonyl (C=O) groups excluding carboxylic acids is 2. The molecule has 0 bridgehead atoms. The number of amides is 2. The lowest BCUT2D eigenvalue weighted by atomic mass is 9.90. The first-order valence-electron chi connectivity index (χ1n) is 10.8. The van der Waals surface area contributed by atoms with E-state index in [0.717, 1.165) is 49.3 Å². The number of thiazole rings is 1. The lowest BCUT2D eigenvalue weighted by Gasteiger charge is -2.32. The maximum Gasteiger partial charge on any atom is 0.271 e. The van der Waals surface area contributed by atoms with Crippen LogP contribution in [-0.2, 0) is 11.4 Å². The lowest BCUT2D eigenvalue weighted by molar-refractivity contribution is -0.122. The van der Waals surface area contributed by atoms with Gasteiger partial charge in [-0.3, -0.25) is 9.59 Å². The summed E-state index contributed by atoms with van der Waals surface area (Å²) in [4.78, 5) is 29.3. The zero-order valence-electron chi connectivity index (χ0n) is 17.8. The average Bonchev–Trinajstić information content (AvgIpc) is 3.22. The van der Waals surface area contributed by atoms with Crippen LogP contribution in [0.4, 0.5) is 0 Å². The molecule has 2 N–H and O–H groups in total. The van der Waals surface area contributed by atoms with Crippen LogP contribution >= 0.6 is 11.3 Å². The number of rotatable bonds is 9. The third-order valence-corrected chi connectivity index (χ3v) is 6.18. The zero-order chi connectivity index (χ0) is 21.3. The summed E-state index contributed by atoms with van der Waals surface area (Å²) in [6.07, 6.45) is 6.33. The SMILES string of the molecule is CCCCC(=O)N[C@H]1CCCC[C@H]1NC(=O)c1csc(COc2ccc(C)cc2)n1. The van der Waals surface area contributed by atoms with E-state index < -0.39 is 0 Å². The van der Waals surface area contributed by atoms with E-state index in [2.05, 4.69) is 22.5 Å². The van der Waals surface area contributed by atoms with Crippen molar-refractivity contribution in [3.63, 3.8) is 0 Å². The maximum absolute atomic E-state index is 12.7. The fourth-order valence-corrected chi connectivity index (χ4v) is 4.28. The summed E-state index contributed by atoms with van der Waals surface area (Å²) in [7, 11) is 0. The predicted molar refractivity (Wildman–Crippen MR) is 119 cm³/mol. The first kappa shape index (κ1) is 22.3. The number of aryl methyl sites for hydroxylation is 1. The van der Waals surface area contributed by atoms with Gasteiger partial charge >= 0.3 is 0 Å². The van der Waals surface area contributed by atoms with Crippen molar-refractivity contribution >= 4 is 23.2 Å². The molecular formula is C23H31N3O3S. The minimum atomic E-state index is -0.187. The maximum atomic E-state index is 12.7. The van der Waals surface area contributed by atoms with Crippen LogP contribution in [0.3, 0.4) is 0 Å². The van der Waals surface area contributed by atoms with Crippen LogP contribution in [0.5, 0.6) is 5.75 Å². The van der Waals surface area contributed by atoms with Gasteiger partial charge < -0.3 is 15.4 Å². The summed E-state index contributed by atoms with van der Waals surface area (Å²) < 4.78 is 5.75. The molecule has 1 aliphatic rings. The molecule has 30 heavy (non-hydrogen) atoms. The molecule has 1 saturated carbocycles. The molecule has 1 fully saturated rings. The van der Waals surface area contributed by atoms with Crippen molar-refractivity contribution in [2.45, 2.75) is 77.5 Å². The van der Waals surface area contributed by atoms with E-state index in [1.54, 1.807) is 5.38 Å². The number of ether oxygens (including phenoxy) is 1. The fraction of sp³-hybridized carbons (Fsp3) is 0.522. The molecule has 0 saturated heterocycles. The van der Waals surface area contributed by atoms with Gasteiger partial charge in [0.05, 0.1) is 0 Å². The van der Waals surface area contributed by atoms with Crippen LogP contribution in [0.1, 0.15) is 72.9 Å². The molecule has 3 rings (SSSR count). The number of aromatic nitrogens is 1. The Bertz CT molecular complexity index is 834. The Morgan fingerprint density at radius 3 is 2.53 bits per heavy atom. The second-order valence-electron chi connectivity index (χ2n) is 7.87. The van der Waals surface area contributed by atoms with Crippen molar-refractivity contribution in [3.05, 3.63) is 45.9 Å². The van der Waals surface area contributed by atoms with Gasteiger partial charge in [0.2, 0.25) is 5.91 Å². The van der Waals surface area contributed by atoms with Gasteiger partial charge in [0.1, 0.15) is 23.1 Å². The van der Waals surface area contributed by atoms with E-state index in [-0.39, 0.29) is 23.9 Å². The summed E-state index contributed by atoms with van der Waals surface area (Å²) >= 11 is 1.42. The van der Waals surface area contributed by atoms with Crippen molar-refractivity contribution < 1.29 is 14.3 Å². The second-order valence-corrected chi connectivity index (χ2v) is 8.81. The third-order valence-electron chi connectivity index (χ3n) is 5.35. The summed E-state index contributed by atoms with van der Waals surface area (Å²) in [5, 5.41) is 8.73. The summed E-state index contributed by atoms with van der Waals surface area (Å²) in [6, 6.07) is 7.79. The van der Waals surface area contributed by atoms with Crippen molar-refractivity contribution in [3.8, 4) is 5.75 Å². The number of hydrogen-bond acceptors (Lipinski definition) is 5. The second kappa shape index (κ2) is 11.1. The van der Waals surface area contributed by atoms with Crippen LogP contribution in [0.2, 0.25) is 0 Å². The number of nitrogens with zero attached hydrogens (tertiary/aromatic N) is 1. The van der Waals surface area contributed by atoms with Crippen LogP contribution in [0.25, 0.3) is 0 Å². The smallest absolute Gasteiger partial charge is 0.271 e. The van der Waals surface area contributed by atoms with Crippen LogP contribution in [0, 0.1) is 6.92 Å².